The number of imidazole rings is 1. The smallest absolute Gasteiger partial charge is 0.184 e. The van der Waals surface area contributed by atoms with Gasteiger partial charge in [0.15, 0.2) is 11.6 Å². The van der Waals surface area contributed by atoms with Gasteiger partial charge in [-0.3, -0.25) is 0 Å². The van der Waals surface area contributed by atoms with E-state index >= 15 is 0 Å². The molecule has 1 aromatic carbocycles. The Bertz CT molecular complexity index is 610. The molecule has 1 aromatic heterocycles. The van der Waals surface area contributed by atoms with Gasteiger partial charge in [-0.1, -0.05) is 32.6 Å². The lowest BCUT2D eigenvalue weighted by Gasteiger charge is -2.17. The largest absolute Gasteiger partial charge is 0.322 e. The summed E-state index contributed by atoms with van der Waals surface area (Å²) in [5.41, 5.74) is 0.693. The van der Waals surface area contributed by atoms with E-state index in [2.05, 4.69) is 11.9 Å². The lowest BCUT2D eigenvalue weighted by Crippen LogP contribution is -2.10. The van der Waals surface area contributed by atoms with Crippen LogP contribution < -0.4 is 0 Å². The first kappa shape index (κ1) is 16.2. The fourth-order valence-electron chi connectivity index (χ4n) is 2.74. The van der Waals surface area contributed by atoms with Crippen LogP contribution in [0.15, 0.2) is 12.1 Å². The van der Waals surface area contributed by atoms with Crippen molar-refractivity contribution in [3.05, 3.63) is 29.6 Å². The van der Waals surface area contributed by atoms with E-state index in [0.717, 1.165) is 25.3 Å². The van der Waals surface area contributed by atoms with E-state index in [1.807, 2.05) is 6.92 Å². The molecule has 0 saturated carbocycles. The first-order valence-electron chi connectivity index (χ1n) is 7.50. The molecule has 0 radical (unpaired) electrons. The van der Waals surface area contributed by atoms with Gasteiger partial charge in [-0.2, -0.15) is 0 Å². The predicted molar refractivity (Wildman–Crippen MR) is 82.7 cm³/mol. The highest BCUT2D eigenvalue weighted by atomic mass is 35.5. The lowest BCUT2D eigenvalue weighted by atomic mass is 10.1. The molecule has 21 heavy (non-hydrogen) atoms. The van der Waals surface area contributed by atoms with Crippen molar-refractivity contribution in [3.63, 3.8) is 0 Å². The van der Waals surface area contributed by atoms with Crippen LogP contribution in [0.2, 0.25) is 0 Å². The maximum absolute atomic E-state index is 14.1. The third-order valence-corrected chi connectivity index (χ3v) is 4.09. The Morgan fingerprint density at radius 1 is 1.24 bits per heavy atom. The van der Waals surface area contributed by atoms with Crippen molar-refractivity contribution in [3.8, 4) is 0 Å². The van der Waals surface area contributed by atoms with Gasteiger partial charge in [-0.15, -0.1) is 11.6 Å². The first-order valence-corrected chi connectivity index (χ1v) is 8.04. The molecule has 0 aliphatic carbocycles. The average Bonchev–Trinajstić information content (AvgIpc) is 2.86. The molecule has 2 aromatic rings. The highest BCUT2D eigenvalue weighted by molar-refractivity contribution is 6.16. The van der Waals surface area contributed by atoms with Crippen LogP contribution in [-0.2, 0) is 5.88 Å². The normalized spacial score (nSPS) is 13.0. The standard InChI is InChI=1S/C16H21ClF2N2/c1-3-4-5-6-7-11(2)21-14(10-17)20-13-9-8-12(18)15(19)16(13)21/h8-9,11H,3-7,10H2,1-2H3. The Labute approximate surface area is 129 Å². The molecule has 0 fully saturated rings. The van der Waals surface area contributed by atoms with Gasteiger partial charge in [0.1, 0.15) is 11.3 Å². The molecule has 0 amide bonds. The summed E-state index contributed by atoms with van der Waals surface area (Å²) in [6.07, 6.45) is 5.50. The molecular formula is C16H21ClF2N2. The third-order valence-electron chi connectivity index (χ3n) is 3.85. The van der Waals surface area contributed by atoms with Gasteiger partial charge in [0.05, 0.1) is 11.4 Å². The summed E-state index contributed by atoms with van der Waals surface area (Å²) in [4.78, 5) is 4.32. The highest BCUT2D eigenvalue weighted by Crippen LogP contribution is 2.28. The number of hydrogen-bond acceptors (Lipinski definition) is 1. The number of nitrogens with zero attached hydrogens (tertiary/aromatic N) is 2. The molecule has 0 aliphatic rings. The summed E-state index contributed by atoms with van der Waals surface area (Å²) in [7, 11) is 0. The van der Waals surface area contributed by atoms with Crippen LogP contribution in [0.1, 0.15) is 57.8 Å². The Morgan fingerprint density at radius 3 is 2.67 bits per heavy atom. The van der Waals surface area contributed by atoms with Gasteiger partial charge in [-0.25, -0.2) is 13.8 Å². The van der Waals surface area contributed by atoms with E-state index in [1.165, 1.54) is 18.9 Å². The van der Waals surface area contributed by atoms with E-state index < -0.39 is 11.6 Å². The molecule has 2 rings (SSSR count). The van der Waals surface area contributed by atoms with Crippen LogP contribution in [0.5, 0.6) is 0 Å². The first-order chi connectivity index (χ1) is 10.1. The molecule has 0 aliphatic heterocycles. The maximum Gasteiger partial charge on any atom is 0.184 e. The summed E-state index contributed by atoms with van der Waals surface area (Å²) in [6, 6.07) is 2.67. The zero-order valence-electron chi connectivity index (χ0n) is 12.5. The molecular weight excluding hydrogens is 294 g/mol. The number of halogens is 3. The van der Waals surface area contributed by atoms with Crippen LogP contribution in [0, 0.1) is 11.6 Å². The van der Waals surface area contributed by atoms with Crippen molar-refractivity contribution in [2.45, 2.75) is 57.9 Å². The van der Waals surface area contributed by atoms with Crippen molar-refractivity contribution in [1.29, 1.82) is 0 Å². The third kappa shape index (κ3) is 3.37. The number of unbranched alkanes of at least 4 members (excludes halogenated alkanes) is 3. The molecule has 1 unspecified atom stereocenters. The molecule has 5 heteroatoms. The van der Waals surface area contributed by atoms with Crippen molar-refractivity contribution in [1.82, 2.24) is 9.55 Å². The van der Waals surface area contributed by atoms with Gasteiger partial charge < -0.3 is 4.57 Å². The van der Waals surface area contributed by atoms with Crippen LogP contribution in [0.4, 0.5) is 8.78 Å². The average molecular weight is 315 g/mol. The van der Waals surface area contributed by atoms with E-state index in [0.29, 0.717) is 11.3 Å². The van der Waals surface area contributed by atoms with Crippen LogP contribution >= 0.6 is 11.6 Å². The molecule has 0 bridgehead atoms. The zero-order chi connectivity index (χ0) is 15.4. The van der Waals surface area contributed by atoms with E-state index in [4.69, 9.17) is 11.6 Å². The van der Waals surface area contributed by atoms with Gasteiger partial charge in [0.25, 0.3) is 0 Å². The minimum atomic E-state index is -0.844. The summed E-state index contributed by atoms with van der Waals surface area (Å²) in [5, 5.41) is 0. The highest BCUT2D eigenvalue weighted by Gasteiger charge is 2.20. The number of benzene rings is 1. The lowest BCUT2D eigenvalue weighted by molar-refractivity contribution is 0.460. The number of aromatic nitrogens is 2. The van der Waals surface area contributed by atoms with Gasteiger partial charge in [0, 0.05) is 6.04 Å². The van der Waals surface area contributed by atoms with Crippen LogP contribution in [-0.4, -0.2) is 9.55 Å². The maximum atomic E-state index is 14.1. The minimum Gasteiger partial charge on any atom is -0.322 e. The number of rotatable bonds is 7. The molecule has 0 N–H and O–H groups in total. The zero-order valence-corrected chi connectivity index (χ0v) is 13.3. The number of hydrogen-bond donors (Lipinski definition) is 0. The monoisotopic (exact) mass is 314 g/mol. The second kappa shape index (κ2) is 7.21. The Hall–Kier alpha value is -1.16. The van der Waals surface area contributed by atoms with Crippen LogP contribution in [0.3, 0.4) is 0 Å². The quantitative estimate of drug-likeness (QED) is 0.481. The summed E-state index contributed by atoms with van der Waals surface area (Å²) >= 11 is 5.92. The molecule has 1 atom stereocenters. The van der Waals surface area contributed by atoms with E-state index in [9.17, 15) is 8.78 Å². The topological polar surface area (TPSA) is 17.8 Å². The second-order valence-electron chi connectivity index (χ2n) is 5.46. The number of alkyl halides is 1. The Morgan fingerprint density at radius 2 is 2.00 bits per heavy atom. The number of fused-ring (bicyclic) bond motifs is 1. The summed E-state index contributed by atoms with van der Waals surface area (Å²) in [5.74, 6) is -0.895. The Balaban J connectivity index is 2.34. The van der Waals surface area contributed by atoms with Crippen molar-refractivity contribution >= 4 is 22.6 Å². The molecule has 2 nitrogen and oxygen atoms in total. The fraction of sp³-hybridized carbons (Fsp3) is 0.562. The predicted octanol–water partition coefficient (Wildman–Crippen LogP) is 5.58. The summed E-state index contributed by atoms with van der Waals surface area (Å²) < 4.78 is 29.4. The van der Waals surface area contributed by atoms with Crippen molar-refractivity contribution in [2.24, 2.45) is 0 Å². The Kier molecular flexibility index (Phi) is 5.57. The summed E-state index contributed by atoms with van der Waals surface area (Å²) in [6.45, 7) is 4.17. The molecule has 1 heterocycles. The van der Waals surface area contributed by atoms with E-state index in [-0.39, 0.29) is 17.4 Å². The SMILES string of the molecule is CCCCCCC(C)n1c(CCl)nc2ccc(F)c(F)c21. The van der Waals surface area contributed by atoms with Gasteiger partial charge in [0.2, 0.25) is 0 Å². The molecule has 0 saturated heterocycles. The molecule has 0 spiro atoms. The second-order valence-corrected chi connectivity index (χ2v) is 5.73. The van der Waals surface area contributed by atoms with Gasteiger partial charge >= 0.3 is 0 Å². The van der Waals surface area contributed by atoms with Gasteiger partial charge in [-0.05, 0) is 25.5 Å². The fourth-order valence-corrected chi connectivity index (χ4v) is 2.92. The van der Waals surface area contributed by atoms with Crippen molar-refractivity contribution < 1.29 is 8.78 Å². The minimum absolute atomic E-state index is 0.0527. The van der Waals surface area contributed by atoms with E-state index in [1.54, 1.807) is 4.57 Å². The van der Waals surface area contributed by atoms with Crippen LogP contribution in [0.25, 0.3) is 11.0 Å². The van der Waals surface area contributed by atoms with Crippen molar-refractivity contribution in [2.75, 3.05) is 0 Å². The molecule has 116 valence electrons.